The van der Waals surface area contributed by atoms with Crippen LogP contribution in [0, 0.1) is 6.92 Å². The first kappa shape index (κ1) is 9.59. The Bertz CT molecular complexity index is 263. The first-order valence-electron chi connectivity index (χ1n) is 3.92. The molecule has 0 atom stereocenters. The van der Waals surface area contributed by atoms with E-state index in [2.05, 4.69) is 15.9 Å². The van der Waals surface area contributed by atoms with E-state index in [1.54, 1.807) is 0 Å². The van der Waals surface area contributed by atoms with Gasteiger partial charge in [0.1, 0.15) is 5.75 Å². The first-order valence-corrected chi connectivity index (χ1v) is 4.71. The van der Waals surface area contributed by atoms with Crippen LogP contribution in [0.1, 0.15) is 19.4 Å². The Balaban J connectivity index is 2.77. The minimum absolute atomic E-state index is 0.291. The van der Waals surface area contributed by atoms with Gasteiger partial charge in [-0.25, -0.2) is 0 Å². The quantitative estimate of drug-likeness (QED) is 0.705. The van der Waals surface area contributed by atoms with Gasteiger partial charge < -0.3 is 4.74 Å². The highest BCUT2D eigenvalue weighted by Crippen LogP contribution is 2.23. The summed E-state index contributed by atoms with van der Waals surface area (Å²) in [6.07, 6.45) is 0. The van der Waals surface area contributed by atoms with Crippen LogP contribution in [0.5, 0.6) is 5.75 Å². The van der Waals surface area contributed by atoms with Crippen molar-refractivity contribution in [2.24, 2.45) is 0 Å². The van der Waals surface area contributed by atoms with Crippen LogP contribution >= 0.6 is 15.9 Å². The van der Waals surface area contributed by atoms with E-state index in [1.165, 1.54) is 5.56 Å². The molecule has 12 heavy (non-hydrogen) atoms. The average molecular weight is 229 g/mol. The van der Waals surface area contributed by atoms with Gasteiger partial charge >= 0.3 is 0 Å². The summed E-state index contributed by atoms with van der Waals surface area (Å²) in [5.41, 5.74) is 1.21. The molecule has 0 spiro atoms. The maximum absolute atomic E-state index is 5.60. The molecule has 0 N–H and O–H groups in total. The van der Waals surface area contributed by atoms with Crippen molar-refractivity contribution in [1.82, 2.24) is 0 Å². The molecular formula is C10H13BrO. The zero-order valence-electron chi connectivity index (χ0n) is 7.60. The van der Waals surface area contributed by atoms with Crippen molar-refractivity contribution in [1.29, 1.82) is 0 Å². The first-order chi connectivity index (χ1) is 5.47. The van der Waals surface area contributed by atoms with Crippen LogP contribution in [-0.4, -0.2) is 4.51 Å². The third-order valence-corrected chi connectivity index (χ3v) is 1.51. The van der Waals surface area contributed by atoms with Crippen LogP contribution in [0.25, 0.3) is 0 Å². The summed E-state index contributed by atoms with van der Waals surface area (Å²) in [6.45, 7) is 5.98. The fourth-order valence-electron chi connectivity index (χ4n) is 0.959. The molecule has 2 heteroatoms. The summed E-state index contributed by atoms with van der Waals surface area (Å²) >= 11 is 3.42. The summed E-state index contributed by atoms with van der Waals surface area (Å²) < 4.78 is 5.31. The lowest BCUT2D eigenvalue weighted by atomic mass is 10.2. The lowest BCUT2D eigenvalue weighted by molar-refractivity contribution is 0.214. The minimum atomic E-state index is -0.291. The van der Waals surface area contributed by atoms with Crippen LogP contribution in [0.2, 0.25) is 0 Å². The van der Waals surface area contributed by atoms with Crippen LogP contribution in [0.15, 0.2) is 24.3 Å². The molecule has 0 aliphatic heterocycles. The number of hydrogen-bond acceptors (Lipinski definition) is 1. The smallest absolute Gasteiger partial charge is 0.157 e. The summed E-state index contributed by atoms with van der Waals surface area (Å²) in [5, 5.41) is 0. The van der Waals surface area contributed by atoms with Gasteiger partial charge in [-0.3, -0.25) is 0 Å². The van der Waals surface area contributed by atoms with Crippen molar-refractivity contribution in [3.8, 4) is 5.75 Å². The highest BCUT2D eigenvalue weighted by atomic mass is 79.9. The second kappa shape index (κ2) is 3.48. The number of halogens is 1. The average Bonchev–Trinajstić information content (AvgIpc) is 1.82. The van der Waals surface area contributed by atoms with Gasteiger partial charge in [0.25, 0.3) is 0 Å². The number of alkyl halides is 1. The Hall–Kier alpha value is -0.500. The van der Waals surface area contributed by atoms with E-state index in [9.17, 15) is 0 Å². The van der Waals surface area contributed by atoms with E-state index in [0.29, 0.717) is 0 Å². The van der Waals surface area contributed by atoms with Crippen molar-refractivity contribution >= 4 is 15.9 Å². The molecular weight excluding hydrogens is 216 g/mol. The maximum Gasteiger partial charge on any atom is 0.157 e. The Morgan fingerprint density at radius 3 is 2.50 bits per heavy atom. The minimum Gasteiger partial charge on any atom is -0.477 e. The molecule has 0 saturated carbocycles. The van der Waals surface area contributed by atoms with Gasteiger partial charge in [-0.2, -0.15) is 0 Å². The highest BCUT2D eigenvalue weighted by molar-refractivity contribution is 9.10. The Morgan fingerprint density at radius 2 is 2.00 bits per heavy atom. The van der Waals surface area contributed by atoms with E-state index >= 15 is 0 Å². The third kappa shape index (κ3) is 3.26. The number of rotatable bonds is 2. The predicted molar refractivity (Wildman–Crippen MR) is 54.8 cm³/mol. The van der Waals surface area contributed by atoms with Crippen LogP contribution in [-0.2, 0) is 0 Å². The van der Waals surface area contributed by atoms with E-state index < -0.39 is 0 Å². The maximum atomic E-state index is 5.60. The van der Waals surface area contributed by atoms with Crippen molar-refractivity contribution in [3.63, 3.8) is 0 Å². The third-order valence-electron chi connectivity index (χ3n) is 1.35. The Labute approximate surface area is 81.9 Å². The summed E-state index contributed by atoms with van der Waals surface area (Å²) in [5.74, 6) is 0.900. The van der Waals surface area contributed by atoms with Gasteiger partial charge in [0, 0.05) is 0 Å². The van der Waals surface area contributed by atoms with Crippen molar-refractivity contribution < 1.29 is 4.74 Å². The molecule has 0 aliphatic carbocycles. The molecule has 0 heterocycles. The van der Waals surface area contributed by atoms with E-state index in [-0.39, 0.29) is 4.51 Å². The van der Waals surface area contributed by atoms with Crippen LogP contribution in [0.4, 0.5) is 0 Å². The lowest BCUT2D eigenvalue weighted by Gasteiger charge is -2.19. The van der Waals surface area contributed by atoms with Gasteiger partial charge in [-0.15, -0.1) is 0 Å². The molecule has 1 nitrogen and oxygen atoms in total. The zero-order valence-corrected chi connectivity index (χ0v) is 9.18. The molecule has 0 aliphatic rings. The predicted octanol–water partition coefficient (Wildman–Crippen LogP) is 3.50. The second-order valence-corrected chi connectivity index (χ2v) is 5.19. The van der Waals surface area contributed by atoms with E-state index in [1.807, 2.05) is 45.0 Å². The van der Waals surface area contributed by atoms with Crippen molar-refractivity contribution in [2.75, 3.05) is 0 Å². The number of hydrogen-bond donors (Lipinski definition) is 0. The fraction of sp³-hybridized carbons (Fsp3) is 0.400. The summed E-state index contributed by atoms with van der Waals surface area (Å²) in [4.78, 5) is 0. The fourth-order valence-corrected chi connectivity index (χ4v) is 1.15. The van der Waals surface area contributed by atoms with Crippen LogP contribution in [0.3, 0.4) is 0 Å². The number of aryl methyl sites for hydroxylation is 1. The molecule has 1 aromatic carbocycles. The van der Waals surface area contributed by atoms with E-state index in [0.717, 1.165) is 5.75 Å². The highest BCUT2D eigenvalue weighted by Gasteiger charge is 2.13. The van der Waals surface area contributed by atoms with Crippen LogP contribution < -0.4 is 4.74 Å². The monoisotopic (exact) mass is 228 g/mol. The molecule has 0 saturated heterocycles. The molecule has 66 valence electrons. The molecule has 0 radical (unpaired) electrons. The zero-order chi connectivity index (χ0) is 9.19. The number of ether oxygens (including phenoxy) is 1. The van der Waals surface area contributed by atoms with Gasteiger partial charge in [-0.1, -0.05) is 12.1 Å². The van der Waals surface area contributed by atoms with Crippen molar-refractivity contribution in [3.05, 3.63) is 29.8 Å². The summed E-state index contributed by atoms with van der Waals surface area (Å²) in [7, 11) is 0. The Kier molecular flexibility index (Phi) is 2.78. The second-order valence-electron chi connectivity index (χ2n) is 3.28. The van der Waals surface area contributed by atoms with Gasteiger partial charge in [0.2, 0.25) is 0 Å². The molecule has 0 fully saturated rings. The molecule has 1 rings (SSSR count). The van der Waals surface area contributed by atoms with Gasteiger partial charge in [-0.05, 0) is 54.4 Å². The van der Waals surface area contributed by atoms with Gasteiger partial charge in [0.05, 0.1) is 0 Å². The topological polar surface area (TPSA) is 9.23 Å². The van der Waals surface area contributed by atoms with Crippen molar-refractivity contribution in [2.45, 2.75) is 25.3 Å². The SMILES string of the molecule is Cc1cccc(OC(C)(C)Br)c1. The largest absolute Gasteiger partial charge is 0.477 e. The lowest BCUT2D eigenvalue weighted by Crippen LogP contribution is -2.18. The van der Waals surface area contributed by atoms with Gasteiger partial charge in [0.15, 0.2) is 4.51 Å². The number of benzene rings is 1. The normalized spacial score (nSPS) is 11.3. The van der Waals surface area contributed by atoms with E-state index in [4.69, 9.17) is 4.74 Å². The Morgan fingerprint density at radius 1 is 1.33 bits per heavy atom. The standard InChI is InChI=1S/C10H13BrO/c1-8-5-4-6-9(7-8)12-10(2,3)11/h4-7H,1-3H3. The molecule has 0 unspecified atom stereocenters. The molecule has 1 aromatic rings. The molecule has 0 aromatic heterocycles. The summed E-state index contributed by atoms with van der Waals surface area (Å²) in [6, 6.07) is 8.01. The molecule has 0 bridgehead atoms. The molecule has 0 amide bonds.